The number of amides is 1. The molecule has 0 fully saturated rings. The second-order valence-corrected chi connectivity index (χ2v) is 4.33. The molecule has 0 saturated carbocycles. The SMILES string of the molecule is O=C(O)CC[C@H](NC(=O)c1ccc(F)c(Cl)c1)C(=O)O. The molecule has 0 heterocycles. The first-order chi connectivity index (χ1) is 9.31. The average Bonchev–Trinajstić information content (AvgIpc) is 2.36. The van der Waals surface area contributed by atoms with E-state index in [4.69, 9.17) is 21.8 Å². The fourth-order valence-electron chi connectivity index (χ4n) is 1.40. The Hall–Kier alpha value is -2.15. The standard InChI is InChI=1S/C12H11ClFNO5/c13-7-5-6(1-2-8(7)14)11(18)15-9(12(19)20)3-4-10(16)17/h1-2,5,9H,3-4H2,(H,15,18)(H,16,17)(H,19,20)/t9-/m0/s1. The topological polar surface area (TPSA) is 104 Å². The minimum atomic E-state index is -1.35. The van der Waals surface area contributed by atoms with Gasteiger partial charge < -0.3 is 15.5 Å². The molecule has 0 bridgehead atoms. The normalized spacial score (nSPS) is 11.7. The van der Waals surface area contributed by atoms with Crippen LogP contribution < -0.4 is 5.32 Å². The van der Waals surface area contributed by atoms with Crippen molar-refractivity contribution < 1.29 is 29.0 Å². The van der Waals surface area contributed by atoms with E-state index >= 15 is 0 Å². The third-order valence-electron chi connectivity index (χ3n) is 2.43. The molecule has 0 aliphatic heterocycles. The number of carbonyl (C=O) groups excluding carboxylic acids is 1. The highest BCUT2D eigenvalue weighted by molar-refractivity contribution is 6.31. The Labute approximate surface area is 118 Å². The number of rotatable bonds is 6. The first-order valence-electron chi connectivity index (χ1n) is 5.51. The third kappa shape index (κ3) is 4.51. The van der Waals surface area contributed by atoms with Crippen molar-refractivity contribution in [1.29, 1.82) is 0 Å². The molecule has 1 aromatic rings. The predicted molar refractivity (Wildman–Crippen MR) is 67.2 cm³/mol. The lowest BCUT2D eigenvalue weighted by atomic mass is 10.1. The quantitative estimate of drug-likeness (QED) is 0.739. The van der Waals surface area contributed by atoms with Crippen LogP contribution in [0.2, 0.25) is 5.02 Å². The van der Waals surface area contributed by atoms with Gasteiger partial charge in [0.2, 0.25) is 0 Å². The van der Waals surface area contributed by atoms with E-state index in [0.717, 1.165) is 18.2 Å². The van der Waals surface area contributed by atoms with Gasteiger partial charge in [-0.2, -0.15) is 0 Å². The highest BCUT2D eigenvalue weighted by atomic mass is 35.5. The number of nitrogens with one attached hydrogen (secondary N) is 1. The van der Waals surface area contributed by atoms with E-state index in [0.29, 0.717) is 0 Å². The zero-order chi connectivity index (χ0) is 15.3. The molecule has 3 N–H and O–H groups in total. The van der Waals surface area contributed by atoms with Gasteiger partial charge in [0.05, 0.1) is 5.02 Å². The molecular weight excluding hydrogens is 293 g/mol. The maximum atomic E-state index is 12.9. The zero-order valence-electron chi connectivity index (χ0n) is 10.1. The van der Waals surface area contributed by atoms with Gasteiger partial charge in [-0.15, -0.1) is 0 Å². The number of benzene rings is 1. The van der Waals surface area contributed by atoms with Gasteiger partial charge in [-0.25, -0.2) is 9.18 Å². The summed E-state index contributed by atoms with van der Waals surface area (Å²) in [6.45, 7) is 0. The van der Waals surface area contributed by atoms with Gasteiger partial charge in [0.15, 0.2) is 0 Å². The van der Waals surface area contributed by atoms with Crippen LogP contribution in [-0.4, -0.2) is 34.1 Å². The molecule has 20 heavy (non-hydrogen) atoms. The van der Waals surface area contributed by atoms with Gasteiger partial charge in [-0.1, -0.05) is 11.6 Å². The van der Waals surface area contributed by atoms with Gasteiger partial charge in [0.25, 0.3) is 5.91 Å². The first kappa shape index (κ1) is 15.9. The third-order valence-corrected chi connectivity index (χ3v) is 2.72. The van der Waals surface area contributed by atoms with Crippen molar-refractivity contribution in [3.8, 4) is 0 Å². The summed E-state index contributed by atoms with van der Waals surface area (Å²) in [5.74, 6) is -4.00. The second-order valence-electron chi connectivity index (χ2n) is 3.93. The van der Waals surface area contributed by atoms with Crippen molar-refractivity contribution in [2.24, 2.45) is 0 Å². The molecule has 1 amide bonds. The van der Waals surface area contributed by atoms with E-state index < -0.39 is 36.1 Å². The maximum Gasteiger partial charge on any atom is 0.326 e. The summed E-state index contributed by atoms with van der Waals surface area (Å²) in [5, 5.41) is 19.3. The second kappa shape index (κ2) is 6.85. The number of hydrogen-bond acceptors (Lipinski definition) is 3. The monoisotopic (exact) mass is 303 g/mol. The van der Waals surface area contributed by atoms with E-state index in [9.17, 15) is 18.8 Å². The van der Waals surface area contributed by atoms with Crippen LogP contribution >= 0.6 is 11.6 Å². The van der Waals surface area contributed by atoms with Crippen LogP contribution in [0.25, 0.3) is 0 Å². The summed E-state index contributed by atoms with van der Waals surface area (Å²) in [6.07, 6.45) is -0.660. The van der Waals surface area contributed by atoms with Crippen LogP contribution in [0.1, 0.15) is 23.2 Å². The molecule has 0 saturated heterocycles. The predicted octanol–water partition coefficient (Wildman–Crippen LogP) is 1.53. The largest absolute Gasteiger partial charge is 0.481 e. The Morgan fingerprint density at radius 1 is 1.30 bits per heavy atom. The van der Waals surface area contributed by atoms with Gasteiger partial charge in [-0.3, -0.25) is 9.59 Å². The molecule has 0 aliphatic carbocycles. The molecular formula is C12H11ClFNO5. The summed E-state index contributed by atoms with van der Waals surface area (Å²) >= 11 is 5.51. The maximum absolute atomic E-state index is 12.9. The Bertz CT molecular complexity index is 549. The van der Waals surface area contributed by atoms with Crippen molar-refractivity contribution in [3.63, 3.8) is 0 Å². The van der Waals surface area contributed by atoms with Crippen molar-refractivity contribution in [2.45, 2.75) is 18.9 Å². The molecule has 0 radical (unpaired) electrons. The Kier molecular flexibility index (Phi) is 5.45. The van der Waals surface area contributed by atoms with E-state index in [1.54, 1.807) is 0 Å². The molecule has 8 heteroatoms. The van der Waals surface area contributed by atoms with E-state index in [-0.39, 0.29) is 17.0 Å². The van der Waals surface area contributed by atoms with Crippen LogP contribution in [0.4, 0.5) is 4.39 Å². The van der Waals surface area contributed by atoms with Gasteiger partial charge in [0, 0.05) is 12.0 Å². The van der Waals surface area contributed by atoms with Gasteiger partial charge >= 0.3 is 11.9 Å². The van der Waals surface area contributed by atoms with Crippen LogP contribution in [0.5, 0.6) is 0 Å². The fraction of sp³-hybridized carbons (Fsp3) is 0.250. The number of halogens is 2. The summed E-state index contributed by atoms with van der Waals surface area (Å²) in [4.78, 5) is 33.1. The number of aliphatic carboxylic acids is 2. The highest BCUT2D eigenvalue weighted by Gasteiger charge is 2.21. The summed E-state index contributed by atoms with van der Waals surface area (Å²) in [7, 11) is 0. The zero-order valence-corrected chi connectivity index (χ0v) is 10.9. The first-order valence-corrected chi connectivity index (χ1v) is 5.89. The molecule has 0 spiro atoms. The summed E-state index contributed by atoms with van der Waals surface area (Å²) in [6, 6.07) is 1.83. The number of carboxylic acids is 2. The molecule has 1 atom stereocenters. The Morgan fingerprint density at radius 3 is 2.45 bits per heavy atom. The Morgan fingerprint density at radius 2 is 1.95 bits per heavy atom. The van der Waals surface area contributed by atoms with Crippen molar-refractivity contribution in [2.75, 3.05) is 0 Å². The number of carbonyl (C=O) groups is 3. The molecule has 0 aliphatic rings. The Balaban J connectivity index is 2.77. The van der Waals surface area contributed by atoms with E-state index in [1.807, 2.05) is 0 Å². The molecule has 1 rings (SSSR count). The molecule has 0 aromatic heterocycles. The lowest BCUT2D eigenvalue weighted by Crippen LogP contribution is -2.41. The van der Waals surface area contributed by atoms with Crippen molar-refractivity contribution >= 4 is 29.4 Å². The van der Waals surface area contributed by atoms with Crippen molar-refractivity contribution in [3.05, 3.63) is 34.6 Å². The van der Waals surface area contributed by atoms with Crippen molar-refractivity contribution in [1.82, 2.24) is 5.32 Å². The van der Waals surface area contributed by atoms with E-state index in [2.05, 4.69) is 5.32 Å². The lowest BCUT2D eigenvalue weighted by Gasteiger charge is -2.13. The molecule has 6 nitrogen and oxygen atoms in total. The minimum Gasteiger partial charge on any atom is -0.481 e. The smallest absolute Gasteiger partial charge is 0.326 e. The van der Waals surface area contributed by atoms with Crippen LogP contribution in [0.15, 0.2) is 18.2 Å². The molecule has 108 valence electrons. The minimum absolute atomic E-state index is 0.0158. The van der Waals surface area contributed by atoms with Gasteiger partial charge in [0.1, 0.15) is 11.9 Å². The summed E-state index contributed by atoms with van der Waals surface area (Å²) < 4.78 is 12.9. The number of hydrogen-bond donors (Lipinski definition) is 3. The summed E-state index contributed by atoms with van der Waals surface area (Å²) in [5.41, 5.74) is -0.0158. The fourth-order valence-corrected chi connectivity index (χ4v) is 1.58. The molecule has 0 unspecified atom stereocenters. The highest BCUT2D eigenvalue weighted by Crippen LogP contribution is 2.16. The average molecular weight is 304 g/mol. The van der Waals surface area contributed by atoms with Crippen LogP contribution in [0.3, 0.4) is 0 Å². The molecule has 1 aromatic carbocycles. The number of carboxylic acid groups (broad SMARTS) is 2. The van der Waals surface area contributed by atoms with Crippen LogP contribution in [-0.2, 0) is 9.59 Å². The van der Waals surface area contributed by atoms with Crippen LogP contribution in [0, 0.1) is 5.82 Å². The lowest BCUT2D eigenvalue weighted by molar-refractivity contribution is -0.140. The van der Waals surface area contributed by atoms with E-state index in [1.165, 1.54) is 0 Å². The van der Waals surface area contributed by atoms with Gasteiger partial charge in [-0.05, 0) is 24.6 Å².